The van der Waals surface area contributed by atoms with Crippen LogP contribution in [-0.2, 0) is 0 Å². The van der Waals surface area contributed by atoms with Crippen LogP contribution < -0.4 is 20.4 Å². The van der Waals surface area contributed by atoms with Crippen molar-refractivity contribution in [2.75, 3.05) is 48.6 Å². The zero-order valence-electron chi connectivity index (χ0n) is 21.4. The largest absolute Gasteiger partial charge is 0.378 e. The molecule has 0 saturated heterocycles. The molecule has 0 unspecified atom stereocenters. The molecule has 0 aliphatic heterocycles. The van der Waals surface area contributed by atoms with Gasteiger partial charge >= 0.3 is 0 Å². The van der Waals surface area contributed by atoms with Crippen LogP contribution in [0.3, 0.4) is 0 Å². The second-order valence-electron chi connectivity index (χ2n) is 9.36. The Bertz CT molecular complexity index is 1520. The Kier molecular flexibility index (Phi) is 6.51. The SMILES string of the molecule is CN(C)c1ccc(Nc2ccc(NC(=O)c3ccc4nc(-c5ccc(N(C)C)cc5)[nH]c4c3)cc2)cc1. The fraction of sp³-hybridized carbons (Fsp3) is 0.133. The van der Waals surface area contributed by atoms with E-state index in [0.29, 0.717) is 5.56 Å². The van der Waals surface area contributed by atoms with Gasteiger partial charge in [-0.15, -0.1) is 0 Å². The maximum absolute atomic E-state index is 12.9. The summed E-state index contributed by atoms with van der Waals surface area (Å²) in [6, 6.07) is 29.6. The number of nitrogens with zero attached hydrogens (tertiary/aromatic N) is 3. The summed E-state index contributed by atoms with van der Waals surface area (Å²) in [4.78, 5) is 25.1. The van der Waals surface area contributed by atoms with E-state index < -0.39 is 0 Å². The number of fused-ring (bicyclic) bond motifs is 1. The van der Waals surface area contributed by atoms with Gasteiger partial charge in [0.25, 0.3) is 5.91 Å². The van der Waals surface area contributed by atoms with Crippen LogP contribution in [0.2, 0.25) is 0 Å². The Morgan fingerprint density at radius 2 is 1.24 bits per heavy atom. The molecule has 0 aliphatic carbocycles. The van der Waals surface area contributed by atoms with Crippen LogP contribution in [0.15, 0.2) is 91.0 Å². The molecule has 1 aromatic heterocycles. The van der Waals surface area contributed by atoms with E-state index >= 15 is 0 Å². The Morgan fingerprint density at radius 1 is 0.703 bits per heavy atom. The molecule has 1 amide bonds. The van der Waals surface area contributed by atoms with E-state index in [2.05, 4.69) is 54.7 Å². The summed E-state index contributed by atoms with van der Waals surface area (Å²) in [6.45, 7) is 0. The van der Waals surface area contributed by atoms with Gasteiger partial charge in [-0.1, -0.05) is 0 Å². The average Bonchev–Trinajstić information content (AvgIpc) is 3.34. The van der Waals surface area contributed by atoms with Crippen LogP contribution >= 0.6 is 0 Å². The summed E-state index contributed by atoms with van der Waals surface area (Å²) in [5.41, 5.74) is 8.14. The third-order valence-electron chi connectivity index (χ3n) is 6.22. The van der Waals surface area contributed by atoms with E-state index in [4.69, 9.17) is 0 Å². The van der Waals surface area contributed by atoms with Crippen LogP contribution in [0.4, 0.5) is 28.4 Å². The standard InChI is InChI=1S/C30H30N6O/c1-35(2)25-14-5-20(6-15-25)29-33-27-18-7-21(19-28(27)34-29)30(37)32-24-10-8-22(9-11-24)31-23-12-16-26(17-13-23)36(3)4/h5-19,31H,1-4H3,(H,32,37)(H,33,34). The quantitative estimate of drug-likeness (QED) is 0.248. The fourth-order valence-corrected chi connectivity index (χ4v) is 4.05. The predicted octanol–water partition coefficient (Wildman–Crippen LogP) is 6.36. The molecule has 0 aliphatic rings. The number of amides is 1. The van der Waals surface area contributed by atoms with Crippen molar-refractivity contribution < 1.29 is 4.79 Å². The molecule has 0 saturated carbocycles. The number of anilines is 5. The predicted molar refractivity (Wildman–Crippen MR) is 154 cm³/mol. The van der Waals surface area contributed by atoms with E-state index in [0.717, 1.165) is 50.9 Å². The van der Waals surface area contributed by atoms with Gasteiger partial charge in [-0.05, 0) is 91.0 Å². The minimum absolute atomic E-state index is 0.173. The van der Waals surface area contributed by atoms with E-state index in [9.17, 15) is 4.79 Å². The number of aromatic amines is 1. The number of benzene rings is 4. The van der Waals surface area contributed by atoms with Crippen LogP contribution in [-0.4, -0.2) is 44.1 Å². The van der Waals surface area contributed by atoms with Crippen molar-refractivity contribution in [3.63, 3.8) is 0 Å². The molecule has 186 valence electrons. The van der Waals surface area contributed by atoms with Crippen LogP contribution in [0.5, 0.6) is 0 Å². The monoisotopic (exact) mass is 490 g/mol. The molecule has 0 fully saturated rings. The normalized spacial score (nSPS) is 10.8. The zero-order valence-corrected chi connectivity index (χ0v) is 21.4. The second kappa shape index (κ2) is 10.1. The van der Waals surface area contributed by atoms with Crippen molar-refractivity contribution in [1.82, 2.24) is 9.97 Å². The summed E-state index contributed by atoms with van der Waals surface area (Å²) in [5.74, 6) is 0.602. The van der Waals surface area contributed by atoms with Gasteiger partial charge in [0.15, 0.2) is 0 Å². The van der Waals surface area contributed by atoms with Gasteiger partial charge in [0, 0.05) is 67.8 Å². The van der Waals surface area contributed by atoms with E-state index in [1.807, 2.05) is 88.9 Å². The number of hydrogen-bond donors (Lipinski definition) is 3. The molecular formula is C30H30N6O. The minimum Gasteiger partial charge on any atom is -0.378 e. The first-order valence-electron chi connectivity index (χ1n) is 12.1. The van der Waals surface area contributed by atoms with Crippen molar-refractivity contribution in [2.24, 2.45) is 0 Å². The van der Waals surface area contributed by atoms with Gasteiger partial charge in [0.2, 0.25) is 0 Å². The van der Waals surface area contributed by atoms with Crippen molar-refractivity contribution in [3.05, 3.63) is 96.6 Å². The zero-order chi connectivity index (χ0) is 25.9. The maximum atomic E-state index is 12.9. The van der Waals surface area contributed by atoms with E-state index in [-0.39, 0.29) is 5.91 Å². The maximum Gasteiger partial charge on any atom is 0.255 e. The van der Waals surface area contributed by atoms with Gasteiger partial charge in [-0.3, -0.25) is 4.79 Å². The highest BCUT2D eigenvalue weighted by Crippen LogP contribution is 2.25. The lowest BCUT2D eigenvalue weighted by molar-refractivity contribution is 0.102. The molecular weight excluding hydrogens is 460 g/mol. The van der Waals surface area contributed by atoms with Gasteiger partial charge < -0.3 is 25.4 Å². The Morgan fingerprint density at radius 3 is 1.84 bits per heavy atom. The first kappa shape index (κ1) is 23.9. The molecule has 0 spiro atoms. The molecule has 5 aromatic rings. The topological polar surface area (TPSA) is 76.3 Å². The number of imidazole rings is 1. The lowest BCUT2D eigenvalue weighted by Gasteiger charge is -2.13. The highest BCUT2D eigenvalue weighted by atomic mass is 16.1. The summed E-state index contributed by atoms with van der Waals surface area (Å²) >= 11 is 0. The van der Waals surface area contributed by atoms with Gasteiger partial charge in [-0.2, -0.15) is 0 Å². The Balaban J connectivity index is 1.26. The van der Waals surface area contributed by atoms with E-state index in [1.165, 1.54) is 0 Å². The summed E-state index contributed by atoms with van der Waals surface area (Å²) in [7, 11) is 8.06. The highest BCUT2D eigenvalue weighted by Gasteiger charge is 2.11. The molecule has 0 radical (unpaired) electrons. The molecule has 0 atom stereocenters. The second-order valence-corrected chi connectivity index (χ2v) is 9.36. The molecule has 3 N–H and O–H groups in total. The van der Waals surface area contributed by atoms with Crippen LogP contribution in [0.1, 0.15) is 10.4 Å². The minimum atomic E-state index is -0.173. The summed E-state index contributed by atoms with van der Waals surface area (Å²) in [6.07, 6.45) is 0. The van der Waals surface area contributed by atoms with Crippen LogP contribution in [0, 0.1) is 0 Å². The lowest BCUT2D eigenvalue weighted by Crippen LogP contribution is -2.11. The molecule has 1 heterocycles. The Labute approximate surface area is 216 Å². The number of aromatic nitrogens is 2. The molecule has 4 aromatic carbocycles. The smallest absolute Gasteiger partial charge is 0.255 e. The van der Waals surface area contributed by atoms with Crippen molar-refractivity contribution in [2.45, 2.75) is 0 Å². The third-order valence-corrected chi connectivity index (χ3v) is 6.22. The fourth-order valence-electron chi connectivity index (χ4n) is 4.05. The van der Waals surface area contributed by atoms with Gasteiger partial charge in [0.05, 0.1) is 11.0 Å². The van der Waals surface area contributed by atoms with E-state index in [1.54, 1.807) is 6.07 Å². The number of nitrogens with one attached hydrogen (secondary N) is 3. The van der Waals surface area contributed by atoms with Gasteiger partial charge in [0.1, 0.15) is 5.82 Å². The van der Waals surface area contributed by atoms with Gasteiger partial charge in [-0.25, -0.2) is 4.98 Å². The molecule has 7 nitrogen and oxygen atoms in total. The van der Waals surface area contributed by atoms with Crippen molar-refractivity contribution >= 4 is 45.4 Å². The molecule has 0 bridgehead atoms. The van der Waals surface area contributed by atoms with Crippen LogP contribution in [0.25, 0.3) is 22.4 Å². The first-order chi connectivity index (χ1) is 17.9. The summed E-state index contributed by atoms with van der Waals surface area (Å²) in [5, 5.41) is 6.36. The Hall–Kier alpha value is -4.78. The number of rotatable bonds is 7. The molecule has 7 heteroatoms. The summed E-state index contributed by atoms with van der Waals surface area (Å²) < 4.78 is 0. The number of carbonyl (C=O) groups excluding carboxylic acids is 1. The third kappa shape index (κ3) is 5.41. The van der Waals surface area contributed by atoms with Crippen molar-refractivity contribution in [3.8, 4) is 11.4 Å². The lowest BCUT2D eigenvalue weighted by atomic mass is 10.2. The van der Waals surface area contributed by atoms with Crippen molar-refractivity contribution in [1.29, 1.82) is 0 Å². The molecule has 5 rings (SSSR count). The average molecular weight is 491 g/mol. The highest BCUT2D eigenvalue weighted by molar-refractivity contribution is 6.06. The number of carbonyl (C=O) groups is 1. The number of H-pyrrole nitrogens is 1. The first-order valence-corrected chi connectivity index (χ1v) is 12.1. The molecule has 37 heavy (non-hydrogen) atoms. The number of hydrogen-bond acceptors (Lipinski definition) is 5.